The Hall–Kier alpha value is -1.09. The molecule has 0 spiro atoms. The van der Waals surface area contributed by atoms with Crippen molar-refractivity contribution < 1.29 is 4.79 Å². The molecule has 1 amide bonds. The van der Waals surface area contributed by atoms with Crippen LogP contribution in [0.15, 0.2) is 40.9 Å². The van der Waals surface area contributed by atoms with E-state index in [9.17, 15) is 4.79 Å². The molecular weight excluding hydrogens is 278 g/mol. The van der Waals surface area contributed by atoms with E-state index in [0.29, 0.717) is 11.8 Å². The summed E-state index contributed by atoms with van der Waals surface area (Å²) in [5.74, 6) is 1.45. The SMILES string of the molecule is O=C(Nc1ccc(Br)cc1)[C@@H]1C[C@@H]2C=C[C@H]1C2. The van der Waals surface area contributed by atoms with Gasteiger partial charge in [-0.2, -0.15) is 0 Å². The van der Waals surface area contributed by atoms with Gasteiger partial charge in [0.2, 0.25) is 5.91 Å². The maximum absolute atomic E-state index is 12.1. The molecule has 0 unspecified atom stereocenters. The van der Waals surface area contributed by atoms with Crippen LogP contribution in [-0.4, -0.2) is 5.91 Å². The quantitative estimate of drug-likeness (QED) is 0.829. The van der Waals surface area contributed by atoms with E-state index < -0.39 is 0 Å². The molecule has 0 aromatic heterocycles. The first-order chi connectivity index (χ1) is 8.22. The topological polar surface area (TPSA) is 29.1 Å². The number of carbonyl (C=O) groups excluding carboxylic acids is 1. The van der Waals surface area contributed by atoms with E-state index in [0.717, 1.165) is 16.6 Å². The lowest BCUT2D eigenvalue weighted by Gasteiger charge is -2.17. The van der Waals surface area contributed by atoms with Crippen molar-refractivity contribution in [2.75, 3.05) is 5.32 Å². The fourth-order valence-corrected chi connectivity index (χ4v) is 3.11. The lowest BCUT2D eigenvalue weighted by molar-refractivity contribution is -0.120. The maximum Gasteiger partial charge on any atom is 0.228 e. The Bertz CT molecular complexity index is 466. The minimum Gasteiger partial charge on any atom is -0.326 e. The van der Waals surface area contributed by atoms with Gasteiger partial charge in [0, 0.05) is 16.1 Å². The first kappa shape index (κ1) is 11.0. The van der Waals surface area contributed by atoms with Crippen LogP contribution in [0, 0.1) is 17.8 Å². The second-order valence-electron chi connectivity index (χ2n) is 4.88. The Kier molecular flexibility index (Phi) is 2.79. The van der Waals surface area contributed by atoms with Crippen molar-refractivity contribution in [2.45, 2.75) is 12.8 Å². The third-order valence-electron chi connectivity index (χ3n) is 3.73. The van der Waals surface area contributed by atoms with Gasteiger partial charge < -0.3 is 5.32 Å². The molecule has 1 fully saturated rings. The van der Waals surface area contributed by atoms with Gasteiger partial charge in [-0.25, -0.2) is 0 Å². The van der Waals surface area contributed by atoms with Gasteiger partial charge in [-0.3, -0.25) is 4.79 Å². The molecule has 88 valence electrons. The third kappa shape index (κ3) is 2.16. The van der Waals surface area contributed by atoms with Gasteiger partial charge >= 0.3 is 0 Å². The van der Waals surface area contributed by atoms with Crippen molar-refractivity contribution in [3.05, 3.63) is 40.9 Å². The molecule has 0 radical (unpaired) electrons. The van der Waals surface area contributed by atoms with Gasteiger partial charge in [0.25, 0.3) is 0 Å². The molecule has 2 aliphatic rings. The van der Waals surface area contributed by atoms with Crippen molar-refractivity contribution >= 4 is 27.5 Å². The zero-order valence-corrected chi connectivity index (χ0v) is 11.0. The summed E-state index contributed by atoms with van der Waals surface area (Å²) in [6, 6.07) is 7.72. The number of benzene rings is 1. The highest BCUT2D eigenvalue weighted by molar-refractivity contribution is 9.10. The molecule has 0 heterocycles. The summed E-state index contributed by atoms with van der Waals surface area (Å²) in [6.45, 7) is 0. The minimum absolute atomic E-state index is 0.171. The number of hydrogen-bond donors (Lipinski definition) is 1. The average Bonchev–Trinajstić information content (AvgIpc) is 2.94. The van der Waals surface area contributed by atoms with Gasteiger partial charge in [0.05, 0.1) is 0 Å². The molecule has 1 aromatic rings. The van der Waals surface area contributed by atoms with Crippen molar-refractivity contribution in [3.8, 4) is 0 Å². The summed E-state index contributed by atoms with van der Waals surface area (Å²) < 4.78 is 1.03. The van der Waals surface area contributed by atoms with E-state index >= 15 is 0 Å². The Morgan fingerprint density at radius 3 is 2.53 bits per heavy atom. The number of carbonyl (C=O) groups is 1. The molecule has 2 nitrogen and oxygen atoms in total. The van der Waals surface area contributed by atoms with Gasteiger partial charge in [-0.1, -0.05) is 28.1 Å². The van der Waals surface area contributed by atoms with E-state index in [1.165, 1.54) is 6.42 Å². The summed E-state index contributed by atoms with van der Waals surface area (Å²) in [6.07, 6.45) is 6.65. The van der Waals surface area contributed by atoms with Crippen LogP contribution in [0.3, 0.4) is 0 Å². The van der Waals surface area contributed by atoms with Crippen molar-refractivity contribution in [1.29, 1.82) is 0 Å². The van der Waals surface area contributed by atoms with Crippen LogP contribution < -0.4 is 5.32 Å². The second-order valence-corrected chi connectivity index (χ2v) is 5.80. The van der Waals surface area contributed by atoms with Crippen LogP contribution in [0.25, 0.3) is 0 Å². The fraction of sp³-hybridized carbons (Fsp3) is 0.357. The summed E-state index contributed by atoms with van der Waals surface area (Å²) >= 11 is 3.38. The number of allylic oxidation sites excluding steroid dienone is 2. The Labute approximate surface area is 109 Å². The lowest BCUT2D eigenvalue weighted by Crippen LogP contribution is -2.25. The van der Waals surface area contributed by atoms with Crippen LogP contribution in [-0.2, 0) is 4.79 Å². The minimum atomic E-state index is 0.171. The molecule has 0 saturated heterocycles. The number of nitrogens with one attached hydrogen (secondary N) is 1. The number of fused-ring (bicyclic) bond motifs is 2. The molecule has 1 N–H and O–H groups in total. The normalized spacial score (nSPS) is 29.6. The average molecular weight is 292 g/mol. The number of halogens is 1. The second kappa shape index (κ2) is 4.30. The molecular formula is C14H14BrNO. The molecule has 3 heteroatoms. The van der Waals surface area contributed by atoms with Crippen molar-refractivity contribution in [1.82, 2.24) is 0 Å². The Morgan fingerprint density at radius 1 is 1.18 bits per heavy atom. The smallest absolute Gasteiger partial charge is 0.228 e. The zero-order valence-electron chi connectivity index (χ0n) is 9.40. The molecule has 17 heavy (non-hydrogen) atoms. The van der Waals surface area contributed by atoms with Crippen LogP contribution in [0.4, 0.5) is 5.69 Å². The molecule has 3 atom stereocenters. The van der Waals surface area contributed by atoms with Gasteiger partial charge in [-0.05, 0) is 48.9 Å². The molecule has 3 rings (SSSR count). The predicted octanol–water partition coefficient (Wildman–Crippen LogP) is 3.60. The van der Waals surface area contributed by atoms with Crippen LogP contribution in [0.5, 0.6) is 0 Å². The predicted molar refractivity (Wildman–Crippen MR) is 71.6 cm³/mol. The van der Waals surface area contributed by atoms with Crippen molar-refractivity contribution in [2.24, 2.45) is 17.8 Å². The van der Waals surface area contributed by atoms with E-state index in [1.54, 1.807) is 0 Å². The van der Waals surface area contributed by atoms with Crippen LogP contribution >= 0.6 is 15.9 Å². The monoisotopic (exact) mass is 291 g/mol. The molecule has 0 aliphatic heterocycles. The van der Waals surface area contributed by atoms with E-state index in [1.807, 2.05) is 24.3 Å². The van der Waals surface area contributed by atoms with E-state index in [2.05, 4.69) is 33.4 Å². The lowest BCUT2D eigenvalue weighted by atomic mass is 9.93. The van der Waals surface area contributed by atoms with Crippen LogP contribution in [0.1, 0.15) is 12.8 Å². The highest BCUT2D eigenvalue weighted by Gasteiger charge is 2.39. The van der Waals surface area contributed by atoms with Gasteiger partial charge in [0.1, 0.15) is 0 Å². The molecule has 2 bridgehead atoms. The standard InChI is InChI=1S/C14H14BrNO/c15-11-3-5-12(6-4-11)16-14(17)13-8-9-1-2-10(13)7-9/h1-6,9-10,13H,7-8H2,(H,16,17)/t9-,10+,13-/m1/s1. The summed E-state index contributed by atoms with van der Waals surface area (Å²) in [4.78, 5) is 12.1. The fourth-order valence-electron chi connectivity index (χ4n) is 2.85. The largest absolute Gasteiger partial charge is 0.326 e. The number of hydrogen-bond acceptors (Lipinski definition) is 1. The summed E-state index contributed by atoms with van der Waals surface area (Å²) in [5.41, 5.74) is 0.880. The number of anilines is 1. The molecule has 1 aromatic carbocycles. The highest BCUT2D eigenvalue weighted by atomic mass is 79.9. The van der Waals surface area contributed by atoms with Crippen molar-refractivity contribution in [3.63, 3.8) is 0 Å². The van der Waals surface area contributed by atoms with E-state index in [-0.39, 0.29) is 11.8 Å². The zero-order chi connectivity index (χ0) is 11.8. The summed E-state index contributed by atoms with van der Waals surface area (Å²) in [5, 5.41) is 3.00. The van der Waals surface area contributed by atoms with Gasteiger partial charge in [0.15, 0.2) is 0 Å². The molecule has 2 aliphatic carbocycles. The van der Waals surface area contributed by atoms with Gasteiger partial charge in [-0.15, -0.1) is 0 Å². The maximum atomic E-state index is 12.1. The van der Waals surface area contributed by atoms with Crippen LogP contribution in [0.2, 0.25) is 0 Å². The highest BCUT2D eigenvalue weighted by Crippen LogP contribution is 2.43. The summed E-state index contributed by atoms with van der Waals surface area (Å²) in [7, 11) is 0. The first-order valence-corrected chi connectivity index (χ1v) is 6.76. The Balaban J connectivity index is 1.68. The molecule has 1 saturated carbocycles. The first-order valence-electron chi connectivity index (χ1n) is 5.97. The third-order valence-corrected chi connectivity index (χ3v) is 4.26. The van der Waals surface area contributed by atoms with E-state index in [4.69, 9.17) is 0 Å². The number of amides is 1. The Morgan fingerprint density at radius 2 is 1.94 bits per heavy atom. The number of rotatable bonds is 2.